The zero-order valence-electron chi connectivity index (χ0n) is 12.7. The lowest BCUT2D eigenvalue weighted by Gasteiger charge is -2.00. The molecule has 4 rings (SSSR count). The maximum atomic E-state index is 6.19. The van der Waals surface area contributed by atoms with E-state index in [-0.39, 0.29) is 0 Å². The molecule has 25 heavy (non-hydrogen) atoms. The monoisotopic (exact) mass is 387 g/mol. The van der Waals surface area contributed by atoms with Crippen LogP contribution in [0.2, 0.25) is 10.0 Å². The zero-order chi connectivity index (χ0) is 17.2. The average Bonchev–Trinajstić information content (AvgIpc) is 3.23. The number of hydrogen-bond acceptors (Lipinski definition) is 5. The number of hydrazone groups is 1. The highest BCUT2D eigenvalue weighted by Crippen LogP contribution is 2.31. The molecule has 0 aliphatic carbocycles. The first-order valence-corrected chi connectivity index (χ1v) is 8.96. The van der Waals surface area contributed by atoms with Crippen molar-refractivity contribution in [3.8, 4) is 11.3 Å². The first-order valence-electron chi connectivity index (χ1n) is 7.39. The summed E-state index contributed by atoms with van der Waals surface area (Å²) in [7, 11) is 0. The second-order valence-electron chi connectivity index (χ2n) is 5.18. The van der Waals surface area contributed by atoms with Crippen molar-refractivity contribution < 1.29 is 4.42 Å². The molecule has 2 aromatic heterocycles. The van der Waals surface area contributed by atoms with E-state index in [0.29, 0.717) is 21.6 Å². The summed E-state index contributed by atoms with van der Waals surface area (Å²) in [6.45, 7) is 0. The summed E-state index contributed by atoms with van der Waals surface area (Å²) in [6, 6.07) is 16.8. The Hall–Kier alpha value is -2.34. The van der Waals surface area contributed by atoms with Gasteiger partial charge in [-0.3, -0.25) is 5.43 Å². The highest BCUT2D eigenvalue weighted by Gasteiger charge is 2.09. The minimum absolute atomic E-state index is 0.579. The molecule has 0 aliphatic rings. The Bertz CT molecular complexity index is 1040. The van der Waals surface area contributed by atoms with Crippen LogP contribution in [0.5, 0.6) is 0 Å². The van der Waals surface area contributed by atoms with Crippen LogP contribution in [0.25, 0.3) is 21.5 Å². The second-order valence-corrected chi connectivity index (χ2v) is 7.06. The Morgan fingerprint density at radius 3 is 2.84 bits per heavy atom. The third-order valence-corrected chi connectivity index (χ3v) is 4.97. The summed E-state index contributed by atoms with van der Waals surface area (Å²) in [5.74, 6) is 1.23. The maximum Gasteiger partial charge on any atom is 0.204 e. The quantitative estimate of drug-likeness (QED) is 0.329. The SMILES string of the molecule is Clc1ccc(Cl)c(-c2ccc(/C=N\Nc3nc4ccccc4s3)o2)c1. The number of anilines is 1. The number of aromatic nitrogens is 1. The van der Waals surface area contributed by atoms with Crippen molar-refractivity contribution in [1.82, 2.24) is 4.98 Å². The molecule has 1 N–H and O–H groups in total. The second kappa shape index (κ2) is 6.88. The molecule has 0 bridgehead atoms. The van der Waals surface area contributed by atoms with Crippen molar-refractivity contribution in [3.05, 3.63) is 70.4 Å². The van der Waals surface area contributed by atoms with Crippen molar-refractivity contribution in [3.63, 3.8) is 0 Å². The Labute approximate surface area is 157 Å². The molecule has 124 valence electrons. The summed E-state index contributed by atoms with van der Waals surface area (Å²) >= 11 is 13.7. The molecule has 0 amide bonds. The minimum atomic E-state index is 0.579. The molecule has 4 aromatic rings. The van der Waals surface area contributed by atoms with E-state index in [9.17, 15) is 0 Å². The third kappa shape index (κ3) is 3.54. The normalized spacial score (nSPS) is 11.4. The number of thiazole rings is 1. The first kappa shape index (κ1) is 16.1. The predicted molar refractivity (Wildman–Crippen MR) is 105 cm³/mol. The van der Waals surface area contributed by atoms with Crippen LogP contribution >= 0.6 is 34.5 Å². The molecule has 0 spiro atoms. The Morgan fingerprint density at radius 2 is 1.96 bits per heavy atom. The van der Waals surface area contributed by atoms with Gasteiger partial charge in [-0.15, -0.1) is 0 Å². The van der Waals surface area contributed by atoms with E-state index < -0.39 is 0 Å². The number of furan rings is 1. The lowest BCUT2D eigenvalue weighted by atomic mass is 10.2. The number of nitrogens with zero attached hydrogens (tertiary/aromatic N) is 2. The molecular formula is C18H11Cl2N3OS. The van der Waals surface area contributed by atoms with Gasteiger partial charge in [0.05, 0.1) is 21.5 Å². The summed E-state index contributed by atoms with van der Waals surface area (Å²) in [5.41, 5.74) is 4.61. The van der Waals surface area contributed by atoms with E-state index in [4.69, 9.17) is 27.6 Å². The van der Waals surface area contributed by atoms with E-state index in [2.05, 4.69) is 15.5 Å². The van der Waals surface area contributed by atoms with Crippen molar-refractivity contribution in [2.45, 2.75) is 0 Å². The largest absolute Gasteiger partial charge is 0.455 e. The van der Waals surface area contributed by atoms with Crippen molar-refractivity contribution >= 4 is 56.1 Å². The van der Waals surface area contributed by atoms with Crippen molar-refractivity contribution in [2.24, 2.45) is 5.10 Å². The standard InChI is InChI=1S/C18H11Cl2N3OS/c19-11-5-7-14(20)13(9-11)16-8-6-12(24-16)10-21-23-18-22-15-3-1-2-4-17(15)25-18/h1-10H,(H,22,23)/b21-10-. The molecule has 4 nitrogen and oxygen atoms in total. The number of fused-ring (bicyclic) bond motifs is 1. The van der Waals surface area contributed by atoms with Gasteiger partial charge in [0.2, 0.25) is 5.13 Å². The van der Waals surface area contributed by atoms with Gasteiger partial charge >= 0.3 is 0 Å². The van der Waals surface area contributed by atoms with Gasteiger partial charge in [0.1, 0.15) is 11.5 Å². The van der Waals surface area contributed by atoms with Gasteiger partial charge in [0, 0.05) is 10.6 Å². The van der Waals surface area contributed by atoms with Crippen LogP contribution in [0.4, 0.5) is 5.13 Å². The van der Waals surface area contributed by atoms with Crippen LogP contribution in [-0.4, -0.2) is 11.2 Å². The number of benzene rings is 2. The number of nitrogens with one attached hydrogen (secondary N) is 1. The predicted octanol–water partition coefficient (Wildman–Crippen LogP) is 6.31. The third-order valence-electron chi connectivity index (χ3n) is 3.47. The molecule has 0 fully saturated rings. The fourth-order valence-electron chi connectivity index (χ4n) is 2.32. The van der Waals surface area contributed by atoms with Gasteiger partial charge in [-0.1, -0.05) is 46.7 Å². The summed E-state index contributed by atoms with van der Waals surface area (Å²) in [6.07, 6.45) is 1.59. The molecule has 7 heteroatoms. The van der Waals surface area contributed by atoms with E-state index in [1.54, 1.807) is 24.4 Å². The highest BCUT2D eigenvalue weighted by molar-refractivity contribution is 7.22. The molecule has 0 radical (unpaired) electrons. The van der Waals surface area contributed by atoms with Gasteiger partial charge in [0.15, 0.2) is 0 Å². The first-order chi connectivity index (χ1) is 12.2. The molecule has 0 saturated carbocycles. The topological polar surface area (TPSA) is 50.4 Å². The highest BCUT2D eigenvalue weighted by atomic mass is 35.5. The average molecular weight is 388 g/mol. The fraction of sp³-hybridized carbons (Fsp3) is 0. The number of para-hydroxylation sites is 1. The minimum Gasteiger partial charge on any atom is -0.455 e. The molecule has 0 aliphatic heterocycles. The van der Waals surface area contributed by atoms with Gasteiger partial charge in [-0.2, -0.15) is 5.10 Å². The lowest BCUT2D eigenvalue weighted by Crippen LogP contribution is -1.88. The molecule has 0 saturated heterocycles. The summed E-state index contributed by atoms with van der Waals surface area (Å²) < 4.78 is 6.86. The number of rotatable bonds is 4. The van der Waals surface area contributed by atoms with Gasteiger partial charge in [-0.25, -0.2) is 4.98 Å². The van der Waals surface area contributed by atoms with Gasteiger partial charge in [0.25, 0.3) is 0 Å². The van der Waals surface area contributed by atoms with Crippen LogP contribution in [0.1, 0.15) is 5.76 Å². The van der Waals surface area contributed by atoms with E-state index in [1.807, 2.05) is 36.4 Å². The molecule has 0 atom stereocenters. The van der Waals surface area contributed by atoms with E-state index in [1.165, 1.54) is 11.3 Å². The maximum absolute atomic E-state index is 6.19. The van der Waals surface area contributed by atoms with Crippen LogP contribution in [0.3, 0.4) is 0 Å². The molecule has 2 aromatic carbocycles. The molecule has 2 heterocycles. The summed E-state index contributed by atoms with van der Waals surface area (Å²) in [4.78, 5) is 4.45. The van der Waals surface area contributed by atoms with Crippen LogP contribution in [0, 0.1) is 0 Å². The summed E-state index contributed by atoms with van der Waals surface area (Å²) in [5, 5.41) is 6.08. The van der Waals surface area contributed by atoms with E-state index >= 15 is 0 Å². The van der Waals surface area contributed by atoms with Crippen molar-refractivity contribution in [2.75, 3.05) is 5.43 Å². The van der Waals surface area contributed by atoms with Gasteiger partial charge in [-0.05, 0) is 42.5 Å². The van der Waals surface area contributed by atoms with E-state index in [0.717, 1.165) is 20.9 Å². The Kier molecular flexibility index (Phi) is 4.44. The smallest absolute Gasteiger partial charge is 0.204 e. The van der Waals surface area contributed by atoms with Gasteiger partial charge < -0.3 is 4.42 Å². The Balaban J connectivity index is 1.50. The number of hydrogen-bond donors (Lipinski definition) is 1. The fourth-order valence-corrected chi connectivity index (χ4v) is 3.52. The molecule has 0 unspecified atom stereocenters. The van der Waals surface area contributed by atoms with Crippen molar-refractivity contribution in [1.29, 1.82) is 0 Å². The lowest BCUT2D eigenvalue weighted by molar-refractivity contribution is 0.575. The Morgan fingerprint density at radius 1 is 1.08 bits per heavy atom. The molecular weight excluding hydrogens is 377 g/mol. The van der Waals surface area contributed by atoms with Crippen LogP contribution in [-0.2, 0) is 0 Å². The van der Waals surface area contributed by atoms with Crippen LogP contribution in [0.15, 0.2) is 64.1 Å². The number of halogens is 2. The van der Waals surface area contributed by atoms with Crippen LogP contribution < -0.4 is 5.43 Å². The zero-order valence-corrected chi connectivity index (χ0v) is 15.1.